The summed E-state index contributed by atoms with van der Waals surface area (Å²) in [6.07, 6.45) is 2.65. The van der Waals surface area contributed by atoms with Crippen LogP contribution in [0.5, 0.6) is 0 Å². The highest BCUT2D eigenvalue weighted by molar-refractivity contribution is 7.91. The number of carboxylic acids is 1. The van der Waals surface area contributed by atoms with Gasteiger partial charge in [-0.15, -0.1) is 10.2 Å². The van der Waals surface area contributed by atoms with Crippen LogP contribution >= 0.6 is 0 Å². The molecule has 0 saturated carbocycles. The Hall–Kier alpha value is -1.96. The van der Waals surface area contributed by atoms with Crippen molar-refractivity contribution < 1.29 is 18.3 Å². The Morgan fingerprint density at radius 3 is 2.84 bits per heavy atom. The molecule has 2 aromatic rings. The molecule has 1 unspecified atom stereocenters. The van der Waals surface area contributed by atoms with E-state index in [1.54, 1.807) is 4.40 Å². The second kappa shape index (κ2) is 4.02. The van der Waals surface area contributed by atoms with Gasteiger partial charge in [0.25, 0.3) is 0 Å². The number of carboxylic acid groups (broad SMARTS) is 1. The Morgan fingerprint density at radius 1 is 1.42 bits per heavy atom. The number of hydrogen-bond acceptors (Lipinski definition) is 5. The minimum Gasteiger partial charge on any atom is -0.478 e. The van der Waals surface area contributed by atoms with Gasteiger partial charge < -0.3 is 5.11 Å². The van der Waals surface area contributed by atoms with Crippen molar-refractivity contribution in [1.29, 1.82) is 0 Å². The van der Waals surface area contributed by atoms with Crippen LogP contribution in [0.4, 0.5) is 0 Å². The molecule has 19 heavy (non-hydrogen) atoms. The van der Waals surface area contributed by atoms with Crippen molar-refractivity contribution in [3.8, 4) is 0 Å². The van der Waals surface area contributed by atoms with Crippen LogP contribution in [0, 0.1) is 0 Å². The number of rotatable bonds is 2. The van der Waals surface area contributed by atoms with Crippen molar-refractivity contribution in [2.24, 2.45) is 0 Å². The van der Waals surface area contributed by atoms with Crippen molar-refractivity contribution in [3.63, 3.8) is 0 Å². The van der Waals surface area contributed by atoms with Gasteiger partial charge in [-0.3, -0.25) is 4.40 Å². The molecule has 1 aliphatic heterocycles. The van der Waals surface area contributed by atoms with Crippen LogP contribution in [0.15, 0.2) is 18.3 Å². The number of pyridine rings is 1. The Morgan fingerprint density at radius 2 is 2.21 bits per heavy atom. The van der Waals surface area contributed by atoms with Gasteiger partial charge in [-0.2, -0.15) is 0 Å². The maximum atomic E-state index is 11.9. The Labute approximate surface area is 108 Å². The number of hydrogen-bond donors (Lipinski definition) is 1. The molecule has 1 saturated heterocycles. The third-order valence-electron chi connectivity index (χ3n) is 3.30. The lowest BCUT2D eigenvalue weighted by atomic mass is 10.2. The molecule has 1 N–H and O–H groups in total. The van der Waals surface area contributed by atoms with Gasteiger partial charge in [0.1, 0.15) is 5.25 Å². The minimum absolute atomic E-state index is 0.0979. The Balaban J connectivity index is 2.14. The van der Waals surface area contributed by atoms with E-state index in [0.717, 1.165) is 0 Å². The molecule has 0 bridgehead atoms. The van der Waals surface area contributed by atoms with E-state index < -0.39 is 21.1 Å². The standard InChI is InChI=1S/C11H11N3O4S/c15-11(16)7-3-4-14-9(6-7)12-13-10(14)8-2-1-5-19(8,17)18/h3-4,6,8H,1-2,5H2,(H,15,16). The smallest absolute Gasteiger partial charge is 0.335 e. The summed E-state index contributed by atoms with van der Waals surface area (Å²) in [5, 5.41) is 16.0. The third-order valence-corrected chi connectivity index (χ3v) is 5.47. The highest BCUT2D eigenvalue weighted by atomic mass is 32.2. The lowest BCUT2D eigenvalue weighted by Crippen LogP contribution is -2.11. The normalized spacial score (nSPS) is 21.8. The maximum absolute atomic E-state index is 11.9. The van der Waals surface area contributed by atoms with Crippen molar-refractivity contribution in [3.05, 3.63) is 29.7 Å². The minimum atomic E-state index is -3.17. The predicted octanol–water partition coefficient (Wildman–Crippen LogP) is 0.677. The number of aromatic carboxylic acids is 1. The zero-order valence-corrected chi connectivity index (χ0v) is 10.7. The number of fused-ring (bicyclic) bond motifs is 1. The van der Waals surface area contributed by atoms with Crippen molar-refractivity contribution >= 4 is 21.5 Å². The summed E-state index contributed by atoms with van der Waals surface area (Å²) in [5.41, 5.74) is 0.442. The average Bonchev–Trinajstić information content (AvgIpc) is 2.90. The van der Waals surface area contributed by atoms with E-state index in [-0.39, 0.29) is 11.3 Å². The molecule has 3 heterocycles. The molecule has 1 aliphatic rings. The maximum Gasteiger partial charge on any atom is 0.335 e. The number of sulfone groups is 1. The van der Waals surface area contributed by atoms with Gasteiger partial charge in [0, 0.05) is 6.20 Å². The fraction of sp³-hybridized carbons (Fsp3) is 0.364. The van der Waals surface area contributed by atoms with Gasteiger partial charge in [0.15, 0.2) is 21.3 Å². The van der Waals surface area contributed by atoms with Crippen molar-refractivity contribution in [2.75, 3.05) is 5.75 Å². The first-order valence-corrected chi connectivity index (χ1v) is 7.50. The topological polar surface area (TPSA) is 102 Å². The van der Waals surface area contributed by atoms with E-state index in [1.807, 2.05) is 0 Å². The first-order valence-electron chi connectivity index (χ1n) is 5.78. The van der Waals surface area contributed by atoms with E-state index in [0.29, 0.717) is 24.3 Å². The summed E-state index contributed by atoms with van der Waals surface area (Å²) >= 11 is 0. The molecule has 0 aliphatic carbocycles. The quantitative estimate of drug-likeness (QED) is 0.868. The summed E-state index contributed by atoms with van der Waals surface area (Å²) in [7, 11) is -3.17. The molecule has 0 radical (unpaired) electrons. The van der Waals surface area contributed by atoms with E-state index in [1.165, 1.54) is 18.3 Å². The largest absolute Gasteiger partial charge is 0.478 e. The first kappa shape index (κ1) is 12.1. The summed E-state index contributed by atoms with van der Waals surface area (Å²) < 4.78 is 25.3. The van der Waals surface area contributed by atoms with Crippen LogP contribution in [0.2, 0.25) is 0 Å². The molecule has 2 aromatic heterocycles. The molecule has 8 heteroatoms. The van der Waals surface area contributed by atoms with E-state index in [9.17, 15) is 13.2 Å². The third kappa shape index (κ3) is 1.88. The highest BCUT2D eigenvalue weighted by Gasteiger charge is 2.36. The van der Waals surface area contributed by atoms with Crippen molar-refractivity contribution in [2.45, 2.75) is 18.1 Å². The summed E-state index contributed by atoms with van der Waals surface area (Å²) in [4.78, 5) is 10.9. The van der Waals surface area contributed by atoms with Gasteiger partial charge in [-0.1, -0.05) is 0 Å². The molecule has 1 atom stereocenters. The average molecular weight is 281 g/mol. The van der Waals surface area contributed by atoms with Crippen molar-refractivity contribution in [1.82, 2.24) is 14.6 Å². The molecular weight excluding hydrogens is 270 g/mol. The molecule has 7 nitrogen and oxygen atoms in total. The van der Waals surface area contributed by atoms with Crippen LogP contribution in [-0.4, -0.2) is 39.8 Å². The molecule has 0 amide bonds. The predicted molar refractivity (Wildman–Crippen MR) is 65.7 cm³/mol. The molecular formula is C11H11N3O4S. The van der Waals surface area contributed by atoms with Gasteiger partial charge >= 0.3 is 5.97 Å². The first-order chi connectivity index (χ1) is 8.99. The zero-order chi connectivity index (χ0) is 13.6. The zero-order valence-electron chi connectivity index (χ0n) is 9.85. The molecule has 0 spiro atoms. The second-order valence-corrected chi connectivity index (χ2v) is 6.81. The summed E-state index contributed by atoms with van der Waals surface area (Å²) in [6.45, 7) is 0. The monoisotopic (exact) mass is 281 g/mol. The summed E-state index contributed by atoms with van der Waals surface area (Å²) in [6, 6.07) is 2.78. The molecule has 3 rings (SSSR count). The van der Waals surface area contributed by atoms with Gasteiger partial charge in [-0.05, 0) is 25.0 Å². The lowest BCUT2D eigenvalue weighted by molar-refractivity contribution is 0.0697. The van der Waals surface area contributed by atoms with E-state index in [4.69, 9.17) is 5.11 Å². The van der Waals surface area contributed by atoms with Crippen LogP contribution in [0.3, 0.4) is 0 Å². The SMILES string of the molecule is O=C(O)c1ccn2c(C3CCCS3(=O)=O)nnc2c1. The lowest BCUT2D eigenvalue weighted by Gasteiger charge is -2.07. The fourth-order valence-electron chi connectivity index (χ4n) is 2.34. The molecule has 0 aromatic carbocycles. The summed E-state index contributed by atoms with van der Waals surface area (Å²) in [5.74, 6) is -0.523. The van der Waals surface area contributed by atoms with Crippen LogP contribution in [-0.2, 0) is 9.84 Å². The van der Waals surface area contributed by atoms with Gasteiger partial charge in [0.05, 0.1) is 11.3 Å². The molecule has 100 valence electrons. The van der Waals surface area contributed by atoms with E-state index in [2.05, 4.69) is 10.2 Å². The number of carbonyl (C=O) groups is 1. The van der Waals surface area contributed by atoms with E-state index >= 15 is 0 Å². The van der Waals surface area contributed by atoms with Gasteiger partial charge in [0.2, 0.25) is 0 Å². The fourth-order valence-corrected chi connectivity index (χ4v) is 4.20. The molecule has 1 fully saturated rings. The highest BCUT2D eigenvalue weighted by Crippen LogP contribution is 2.33. The van der Waals surface area contributed by atoms with Crippen LogP contribution < -0.4 is 0 Å². The van der Waals surface area contributed by atoms with Gasteiger partial charge in [-0.25, -0.2) is 13.2 Å². The number of nitrogens with zero attached hydrogens (tertiary/aromatic N) is 3. The Kier molecular flexibility index (Phi) is 2.56. The van der Waals surface area contributed by atoms with Crippen LogP contribution in [0.1, 0.15) is 34.3 Å². The second-order valence-electron chi connectivity index (χ2n) is 4.50. The Bertz CT molecular complexity index is 765. The number of aromatic nitrogens is 3. The van der Waals surface area contributed by atoms with Crippen LogP contribution in [0.25, 0.3) is 5.65 Å².